The van der Waals surface area contributed by atoms with Crippen molar-refractivity contribution in [1.29, 1.82) is 0 Å². The van der Waals surface area contributed by atoms with Crippen LogP contribution < -0.4 is 10.1 Å². The number of rotatable bonds is 4. The number of carbonyl (C=O) groups excluding carboxylic acids is 4. The Balaban J connectivity index is 0.000000177. The third-order valence-corrected chi connectivity index (χ3v) is 9.31. The van der Waals surface area contributed by atoms with Crippen LogP contribution in [0.5, 0.6) is 5.75 Å². The van der Waals surface area contributed by atoms with Gasteiger partial charge < -0.3 is 4.74 Å². The van der Waals surface area contributed by atoms with E-state index in [1.54, 1.807) is 54.6 Å². The molecule has 2 N–H and O–H groups in total. The molecule has 39 heavy (non-hydrogen) atoms. The minimum atomic E-state index is -4.08. The second-order valence-corrected chi connectivity index (χ2v) is 12.3. The van der Waals surface area contributed by atoms with Gasteiger partial charge in [0.2, 0.25) is 0 Å². The molecule has 0 aromatic heterocycles. The summed E-state index contributed by atoms with van der Waals surface area (Å²) in [6.07, 6.45) is 1.97. The van der Waals surface area contributed by atoms with Crippen molar-refractivity contribution in [3.05, 3.63) is 77.4 Å². The Kier molecular flexibility index (Phi) is 6.43. The molecule has 202 valence electrons. The Morgan fingerprint density at radius 1 is 1.00 bits per heavy atom. The lowest BCUT2D eigenvalue weighted by Gasteiger charge is -2.35. The number of hydrogen-bond donors (Lipinski definition) is 2. The molecule has 2 amide bonds. The van der Waals surface area contributed by atoms with Gasteiger partial charge in [-0.2, -0.15) is 8.42 Å². The van der Waals surface area contributed by atoms with Gasteiger partial charge in [-0.05, 0) is 59.9 Å². The lowest BCUT2D eigenvalue weighted by Crippen LogP contribution is -2.42. The molecule has 2 bridgehead atoms. The van der Waals surface area contributed by atoms with E-state index in [0.29, 0.717) is 40.3 Å². The highest BCUT2D eigenvalue weighted by Crippen LogP contribution is 2.64. The molecule has 9 nitrogen and oxygen atoms in total. The molecule has 3 aromatic rings. The maximum atomic E-state index is 12.2. The number of ketones is 1. The first-order valence-electron chi connectivity index (χ1n) is 12.5. The topological polar surface area (TPSA) is 144 Å². The van der Waals surface area contributed by atoms with E-state index in [2.05, 4.69) is 5.32 Å². The van der Waals surface area contributed by atoms with Gasteiger partial charge in [-0.15, -0.1) is 0 Å². The highest BCUT2D eigenvalue weighted by atomic mass is 32.2. The van der Waals surface area contributed by atoms with Crippen molar-refractivity contribution in [2.75, 3.05) is 5.75 Å². The van der Waals surface area contributed by atoms with E-state index in [4.69, 9.17) is 9.29 Å². The number of fused-ring (bicyclic) bond motifs is 2. The summed E-state index contributed by atoms with van der Waals surface area (Å²) in [7, 11) is -4.08. The molecule has 10 heteroatoms. The summed E-state index contributed by atoms with van der Waals surface area (Å²) in [5.74, 6) is -1.28. The monoisotopic (exact) mass is 549 g/mol. The maximum absolute atomic E-state index is 12.2. The second kappa shape index (κ2) is 9.39. The Bertz CT molecular complexity index is 1640. The number of esters is 1. The van der Waals surface area contributed by atoms with E-state index >= 15 is 0 Å². The number of ether oxygens (including phenoxy) is 1. The first-order chi connectivity index (χ1) is 18.3. The number of imide groups is 1. The Morgan fingerprint density at radius 3 is 2.31 bits per heavy atom. The fraction of sp³-hybridized carbons (Fsp3) is 0.310. The zero-order valence-corrected chi connectivity index (χ0v) is 22.2. The third kappa shape index (κ3) is 4.63. The van der Waals surface area contributed by atoms with E-state index in [-0.39, 0.29) is 22.9 Å². The highest BCUT2D eigenvalue weighted by Gasteiger charge is 2.65. The second-order valence-electron chi connectivity index (χ2n) is 10.8. The van der Waals surface area contributed by atoms with Crippen molar-refractivity contribution in [3.63, 3.8) is 0 Å². The fourth-order valence-corrected chi connectivity index (χ4v) is 7.53. The first-order valence-corrected chi connectivity index (χ1v) is 14.1. The summed E-state index contributed by atoms with van der Waals surface area (Å²) < 4.78 is 36.4. The average molecular weight is 550 g/mol. The molecule has 2 fully saturated rings. The smallest absolute Gasteiger partial charge is 0.343 e. The molecular weight excluding hydrogens is 522 g/mol. The van der Waals surface area contributed by atoms with Crippen LogP contribution in [0.15, 0.2) is 60.7 Å². The van der Waals surface area contributed by atoms with E-state index in [9.17, 15) is 27.6 Å². The molecule has 3 aliphatic rings. The number of Topliss-reactive ketones (excluding diaryl/α,β-unsaturated/α-hetero) is 1. The van der Waals surface area contributed by atoms with Gasteiger partial charge in [0.1, 0.15) is 11.5 Å². The standard InChI is InChI=1S/C19H11NO4.C10H16O4S/c21-17-14-8-4-7-12-9-13(10-15(16(12)14)18(22)20-17)24-19(23)11-5-2-1-3-6-11;1-9(2)7-3-4-10(9,8(11)5-7)6-15(12,13)14/h1-10H,(H,20,21,22);7H,3-6H2,1-2H3,(H,12,13,14). The van der Waals surface area contributed by atoms with Crippen LogP contribution in [0, 0.1) is 16.7 Å². The predicted octanol–water partition coefficient (Wildman–Crippen LogP) is 4.21. The van der Waals surface area contributed by atoms with Crippen LogP contribution in [0.2, 0.25) is 0 Å². The van der Waals surface area contributed by atoms with Crippen molar-refractivity contribution < 1.29 is 36.9 Å². The Labute approximate surface area is 225 Å². The number of benzene rings is 3. The van der Waals surface area contributed by atoms with Gasteiger partial charge in [0.15, 0.2) is 0 Å². The third-order valence-electron chi connectivity index (χ3n) is 8.45. The molecule has 0 spiro atoms. The quantitative estimate of drug-likeness (QED) is 0.213. The van der Waals surface area contributed by atoms with Gasteiger partial charge in [0.05, 0.1) is 22.3 Å². The zero-order chi connectivity index (χ0) is 28.2. The molecule has 0 saturated heterocycles. The van der Waals surface area contributed by atoms with Gasteiger partial charge in [-0.3, -0.25) is 24.3 Å². The largest absolute Gasteiger partial charge is 0.423 e. The highest BCUT2D eigenvalue weighted by molar-refractivity contribution is 7.85. The summed E-state index contributed by atoms with van der Waals surface area (Å²) in [4.78, 5) is 48.1. The number of hydrogen-bond acceptors (Lipinski definition) is 7. The molecule has 6 rings (SSSR count). The molecule has 2 atom stereocenters. The molecule has 1 heterocycles. The zero-order valence-electron chi connectivity index (χ0n) is 21.4. The van der Waals surface area contributed by atoms with Crippen molar-refractivity contribution in [3.8, 4) is 5.75 Å². The predicted molar refractivity (Wildman–Crippen MR) is 142 cm³/mol. The minimum Gasteiger partial charge on any atom is -0.423 e. The first kappa shape index (κ1) is 26.7. The van der Waals surface area contributed by atoms with Crippen LogP contribution in [0.3, 0.4) is 0 Å². The summed E-state index contributed by atoms with van der Waals surface area (Å²) >= 11 is 0. The Hall–Kier alpha value is -3.89. The lowest BCUT2D eigenvalue weighted by atomic mass is 9.70. The molecule has 2 unspecified atom stereocenters. The molecular formula is C29H27NO8S. The van der Waals surface area contributed by atoms with Crippen LogP contribution in [0.1, 0.15) is 64.2 Å². The molecule has 2 aliphatic carbocycles. The summed E-state index contributed by atoms with van der Waals surface area (Å²) in [6.45, 7) is 3.89. The number of carbonyl (C=O) groups is 4. The van der Waals surface area contributed by atoms with Gasteiger partial charge in [-0.1, -0.05) is 44.2 Å². The summed E-state index contributed by atoms with van der Waals surface area (Å²) in [5, 5.41) is 3.53. The van der Waals surface area contributed by atoms with Crippen molar-refractivity contribution in [2.24, 2.45) is 16.7 Å². The van der Waals surface area contributed by atoms with Crippen LogP contribution in [0.25, 0.3) is 10.8 Å². The van der Waals surface area contributed by atoms with Crippen LogP contribution in [-0.4, -0.2) is 42.3 Å². The average Bonchev–Trinajstić information content (AvgIpc) is 3.21. The molecule has 1 aliphatic heterocycles. The number of amides is 2. The number of nitrogens with one attached hydrogen (secondary N) is 1. The van der Waals surface area contributed by atoms with Crippen LogP contribution in [0.4, 0.5) is 0 Å². The van der Waals surface area contributed by atoms with Crippen molar-refractivity contribution in [2.45, 2.75) is 33.1 Å². The SMILES string of the molecule is CC1(C)C2CCC1(CS(=O)(=O)O)C(=O)C2.O=C(Oc1cc2c3c(cccc3c1)C(=O)NC2=O)c1ccccc1. The Morgan fingerprint density at radius 2 is 1.69 bits per heavy atom. The summed E-state index contributed by atoms with van der Waals surface area (Å²) in [5.41, 5.74) is 0.0479. The normalized spacial score (nSPS) is 22.7. The van der Waals surface area contributed by atoms with E-state index < -0.39 is 39.1 Å². The minimum absolute atomic E-state index is 0.0152. The fourth-order valence-electron chi connectivity index (χ4n) is 6.23. The van der Waals surface area contributed by atoms with Gasteiger partial charge >= 0.3 is 5.97 Å². The van der Waals surface area contributed by atoms with Gasteiger partial charge in [-0.25, -0.2) is 4.79 Å². The lowest BCUT2D eigenvalue weighted by molar-refractivity contribution is -0.128. The van der Waals surface area contributed by atoms with E-state index in [0.717, 1.165) is 6.42 Å². The van der Waals surface area contributed by atoms with Crippen LogP contribution in [-0.2, 0) is 14.9 Å². The van der Waals surface area contributed by atoms with Crippen molar-refractivity contribution in [1.82, 2.24) is 5.32 Å². The summed E-state index contributed by atoms with van der Waals surface area (Å²) in [6, 6.07) is 16.9. The molecule has 3 aromatic carbocycles. The van der Waals surface area contributed by atoms with E-state index in [1.165, 1.54) is 6.07 Å². The van der Waals surface area contributed by atoms with Crippen molar-refractivity contribution >= 4 is 44.5 Å². The van der Waals surface area contributed by atoms with Gasteiger partial charge in [0, 0.05) is 17.4 Å². The van der Waals surface area contributed by atoms with E-state index in [1.807, 2.05) is 13.8 Å². The molecule has 2 saturated carbocycles. The van der Waals surface area contributed by atoms with Gasteiger partial charge in [0.25, 0.3) is 21.9 Å². The molecule has 0 radical (unpaired) electrons. The maximum Gasteiger partial charge on any atom is 0.343 e. The van der Waals surface area contributed by atoms with Crippen LogP contribution >= 0.6 is 0 Å².